The first-order chi connectivity index (χ1) is 21.7. The van der Waals surface area contributed by atoms with Crippen molar-refractivity contribution in [2.45, 2.75) is 19.3 Å². The Labute approximate surface area is 258 Å². The van der Waals surface area contributed by atoms with Gasteiger partial charge in [0.15, 0.2) is 23.1 Å². The topological polar surface area (TPSA) is 40.5 Å². The Kier molecular flexibility index (Phi) is 7.67. The molecule has 6 aromatic carbocycles. The van der Waals surface area contributed by atoms with Gasteiger partial charge in [-0.2, -0.15) is 0 Å². The first-order valence-electron chi connectivity index (χ1n) is 14.3. The van der Waals surface area contributed by atoms with E-state index in [1.165, 1.54) is 0 Å². The lowest BCUT2D eigenvalue weighted by atomic mass is 9.64. The Hall–Kier alpha value is -5.36. The molecule has 6 rings (SSSR count). The third-order valence-corrected chi connectivity index (χ3v) is 8.44. The standard InChI is InChI=1S/C39H28F4O2/c1-23-13-9-11-19-27(23)33-31(40)21-29(37(44)35(33)42)39(25-15-5-3-6-16-25,26-17-7-4-8-18-26)30-22-32(41)34(36(43)38(30)45)28-20-12-10-14-24(28)2/h3-22,44-45H,1-2H3. The molecule has 0 atom stereocenters. The summed E-state index contributed by atoms with van der Waals surface area (Å²) in [4.78, 5) is 0. The second-order valence-electron chi connectivity index (χ2n) is 11.0. The number of hydrogen-bond donors (Lipinski definition) is 2. The highest BCUT2D eigenvalue weighted by Gasteiger charge is 2.45. The molecule has 0 aliphatic rings. The van der Waals surface area contributed by atoms with Crippen molar-refractivity contribution in [1.29, 1.82) is 0 Å². The largest absolute Gasteiger partial charge is 0.505 e. The number of rotatable bonds is 6. The van der Waals surface area contributed by atoms with Gasteiger partial charge in [0, 0.05) is 11.1 Å². The van der Waals surface area contributed by atoms with Gasteiger partial charge in [0.2, 0.25) is 0 Å². The zero-order valence-corrected chi connectivity index (χ0v) is 24.5. The normalized spacial score (nSPS) is 11.5. The number of aryl methyl sites for hydroxylation is 2. The van der Waals surface area contributed by atoms with E-state index in [2.05, 4.69) is 0 Å². The minimum absolute atomic E-state index is 0.238. The zero-order chi connectivity index (χ0) is 31.9. The van der Waals surface area contributed by atoms with Gasteiger partial charge in [0.25, 0.3) is 0 Å². The van der Waals surface area contributed by atoms with Crippen LogP contribution >= 0.6 is 0 Å². The van der Waals surface area contributed by atoms with E-state index in [4.69, 9.17) is 0 Å². The predicted molar refractivity (Wildman–Crippen MR) is 168 cm³/mol. The minimum atomic E-state index is -1.98. The van der Waals surface area contributed by atoms with Crippen LogP contribution in [0.2, 0.25) is 0 Å². The summed E-state index contributed by atoms with van der Waals surface area (Å²) in [5.74, 6) is -6.33. The first kappa shape index (κ1) is 29.7. The molecule has 224 valence electrons. The van der Waals surface area contributed by atoms with Crippen LogP contribution in [0.3, 0.4) is 0 Å². The van der Waals surface area contributed by atoms with Gasteiger partial charge in [-0.15, -0.1) is 0 Å². The fourth-order valence-electron chi connectivity index (χ4n) is 6.30. The van der Waals surface area contributed by atoms with Crippen LogP contribution in [0.1, 0.15) is 33.4 Å². The van der Waals surface area contributed by atoms with Gasteiger partial charge in [0.1, 0.15) is 11.6 Å². The van der Waals surface area contributed by atoms with Gasteiger partial charge >= 0.3 is 0 Å². The Balaban J connectivity index is 1.77. The summed E-state index contributed by atoms with van der Waals surface area (Å²) in [6, 6.07) is 31.6. The second kappa shape index (κ2) is 11.6. The Morgan fingerprint density at radius 1 is 0.467 bits per heavy atom. The Bertz CT molecular complexity index is 1890. The van der Waals surface area contributed by atoms with Crippen molar-refractivity contribution >= 4 is 0 Å². The van der Waals surface area contributed by atoms with E-state index in [0.29, 0.717) is 22.3 Å². The lowest BCUT2D eigenvalue weighted by Gasteiger charge is -2.38. The van der Waals surface area contributed by atoms with Crippen LogP contribution in [0, 0.1) is 37.1 Å². The summed E-state index contributed by atoms with van der Waals surface area (Å²) in [5.41, 5.74) is -1.32. The van der Waals surface area contributed by atoms with Gasteiger partial charge in [0.05, 0.1) is 16.5 Å². The summed E-state index contributed by atoms with van der Waals surface area (Å²) in [7, 11) is 0. The maximum atomic E-state index is 16.4. The van der Waals surface area contributed by atoms with Crippen LogP contribution in [-0.4, -0.2) is 10.2 Å². The van der Waals surface area contributed by atoms with E-state index in [0.717, 1.165) is 12.1 Å². The fraction of sp³-hybridized carbons (Fsp3) is 0.0769. The zero-order valence-electron chi connectivity index (χ0n) is 24.5. The van der Waals surface area contributed by atoms with Gasteiger partial charge in [-0.1, -0.05) is 109 Å². The number of benzene rings is 6. The SMILES string of the molecule is Cc1ccccc1-c1c(F)cc(C(c2ccccc2)(c2ccccc2)c2cc(F)c(-c3ccccc3C)c(F)c2O)c(O)c1F. The number of hydrogen-bond acceptors (Lipinski definition) is 2. The van der Waals surface area contributed by atoms with Gasteiger partial charge in [-0.3, -0.25) is 0 Å². The molecule has 0 bridgehead atoms. The summed E-state index contributed by atoms with van der Waals surface area (Å²) < 4.78 is 65.2. The lowest BCUT2D eigenvalue weighted by molar-refractivity contribution is 0.403. The molecule has 0 unspecified atom stereocenters. The number of halogens is 4. The van der Waals surface area contributed by atoms with E-state index in [1.807, 2.05) is 0 Å². The molecule has 0 spiro atoms. The smallest absolute Gasteiger partial charge is 0.175 e. The number of aromatic hydroxyl groups is 2. The van der Waals surface area contributed by atoms with E-state index in [9.17, 15) is 10.2 Å². The van der Waals surface area contributed by atoms with E-state index < -0.39 is 51.3 Å². The van der Waals surface area contributed by atoms with Crippen molar-refractivity contribution in [3.63, 3.8) is 0 Å². The molecule has 6 heteroatoms. The number of phenolic OH excluding ortho intramolecular Hbond substituents is 2. The van der Waals surface area contributed by atoms with Gasteiger partial charge in [-0.25, -0.2) is 17.6 Å². The molecule has 0 radical (unpaired) electrons. The maximum absolute atomic E-state index is 16.4. The molecule has 2 N–H and O–H groups in total. The third kappa shape index (κ3) is 4.74. The number of phenols is 2. The molecular formula is C39H28F4O2. The van der Waals surface area contributed by atoms with Crippen LogP contribution in [0.15, 0.2) is 121 Å². The molecule has 0 aromatic heterocycles. The van der Waals surface area contributed by atoms with Crippen LogP contribution < -0.4 is 0 Å². The van der Waals surface area contributed by atoms with E-state index >= 15 is 17.6 Å². The third-order valence-electron chi connectivity index (χ3n) is 8.44. The van der Waals surface area contributed by atoms with Crippen molar-refractivity contribution in [1.82, 2.24) is 0 Å². The van der Waals surface area contributed by atoms with Crippen LogP contribution in [0.5, 0.6) is 11.5 Å². The highest BCUT2D eigenvalue weighted by molar-refractivity contribution is 5.77. The van der Waals surface area contributed by atoms with Crippen molar-refractivity contribution in [2.75, 3.05) is 0 Å². The molecule has 0 amide bonds. The van der Waals surface area contributed by atoms with Crippen molar-refractivity contribution in [3.8, 4) is 33.8 Å². The summed E-state index contributed by atoms with van der Waals surface area (Å²) in [5, 5.41) is 23.3. The first-order valence-corrected chi connectivity index (χ1v) is 14.3. The lowest BCUT2D eigenvalue weighted by Crippen LogP contribution is -2.32. The maximum Gasteiger partial charge on any atom is 0.175 e. The molecule has 0 aliphatic heterocycles. The van der Waals surface area contributed by atoms with Crippen molar-refractivity contribution < 1.29 is 27.8 Å². The summed E-state index contributed by atoms with van der Waals surface area (Å²) >= 11 is 0. The molecule has 6 aromatic rings. The highest BCUT2D eigenvalue weighted by Crippen LogP contribution is 2.54. The average Bonchev–Trinajstić information content (AvgIpc) is 3.05. The molecular weight excluding hydrogens is 576 g/mol. The minimum Gasteiger partial charge on any atom is -0.505 e. The van der Waals surface area contributed by atoms with Crippen LogP contribution in [0.4, 0.5) is 17.6 Å². The van der Waals surface area contributed by atoms with E-state index in [1.54, 1.807) is 123 Å². The molecule has 0 heterocycles. The van der Waals surface area contributed by atoms with Crippen molar-refractivity contribution in [3.05, 3.63) is 178 Å². The highest BCUT2D eigenvalue weighted by atomic mass is 19.1. The predicted octanol–water partition coefficient (Wildman–Crippen LogP) is 9.99. The quantitative estimate of drug-likeness (QED) is 0.147. The second-order valence-corrected chi connectivity index (χ2v) is 11.0. The molecule has 0 saturated heterocycles. The summed E-state index contributed by atoms with van der Waals surface area (Å²) in [6.45, 7) is 3.38. The van der Waals surface area contributed by atoms with Crippen LogP contribution in [-0.2, 0) is 5.41 Å². The van der Waals surface area contributed by atoms with Crippen LogP contribution in [0.25, 0.3) is 22.3 Å². The monoisotopic (exact) mass is 604 g/mol. The molecule has 0 saturated carbocycles. The van der Waals surface area contributed by atoms with Gasteiger partial charge < -0.3 is 10.2 Å². The molecule has 0 aliphatic carbocycles. The fourth-order valence-corrected chi connectivity index (χ4v) is 6.30. The Morgan fingerprint density at radius 3 is 1.16 bits per heavy atom. The van der Waals surface area contributed by atoms with Gasteiger partial charge in [-0.05, 0) is 59.4 Å². The average molecular weight is 605 g/mol. The summed E-state index contributed by atoms with van der Waals surface area (Å²) in [6.07, 6.45) is 0. The molecule has 0 fully saturated rings. The molecule has 45 heavy (non-hydrogen) atoms. The van der Waals surface area contributed by atoms with Crippen molar-refractivity contribution in [2.24, 2.45) is 0 Å². The molecule has 2 nitrogen and oxygen atoms in total. The Morgan fingerprint density at radius 2 is 0.800 bits per heavy atom. The van der Waals surface area contributed by atoms with E-state index in [-0.39, 0.29) is 22.3 Å².